The minimum atomic E-state index is -0.0633. The summed E-state index contributed by atoms with van der Waals surface area (Å²) in [6, 6.07) is 9.37. The zero-order valence-electron chi connectivity index (χ0n) is 9.02. The Morgan fingerprint density at radius 1 is 1.35 bits per heavy atom. The van der Waals surface area contributed by atoms with Crippen LogP contribution in [0.4, 0.5) is 5.69 Å². The first kappa shape index (κ1) is 12.1. The smallest absolute Gasteiger partial charge is 0.231 e. The summed E-state index contributed by atoms with van der Waals surface area (Å²) < 4.78 is 0. The van der Waals surface area contributed by atoms with E-state index in [1.807, 2.05) is 35.7 Å². The number of rotatable bonds is 4. The fraction of sp³-hybridized carbons (Fsp3) is 0.167. The van der Waals surface area contributed by atoms with Crippen molar-refractivity contribution in [3.63, 3.8) is 0 Å². The van der Waals surface area contributed by atoms with Gasteiger partial charge in [0.1, 0.15) is 5.01 Å². The van der Waals surface area contributed by atoms with E-state index in [1.165, 1.54) is 11.3 Å². The van der Waals surface area contributed by atoms with Crippen molar-refractivity contribution in [1.82, 2.24) is 4.98 Å². The Kier molecular flexibility index (Phi) is 4.12. The predicted octanol–water partition coefficient (Wildman–Crippen LogP) is 3.06. The van der Waals surface area contributed by atoms with Crippen LogP contribution in [-0.2, 0) is 17.1 Å². The summed E-state index contributed by atoms with van der Waals surface area (Å²) in [6.45, 7) is 0. The third kappa shape index (κ3) is 3.54. The lowest BCUT2D eigenvalue weighted by molar-refractivity contribution is -0.115. The topological polar surface area (TPSA) is 42.0 Å². The molecule has 17 heavy (non-hydrogen) atoms. The zero-order chi connectivity index (χ0) is 12.1. The molecule has 1 heterocycles. The molecule has 5 heteroatoms. The second-order valence-corrected chi connectivity index (χ2v) is 4.67. The van der Waals surface area contributed by atoms with Gasteiger partial charge in [-0.25, -0.2) is 4.98 Å². The highest BCUT2D eigenvalue weighted by Gasteiger charge is 2.07. The Bertz CT molecular complexity index is 498. The van der Waals surface area contributed by atoms with Crippen molar-refractivity contribution in [2.24, 2.45) is 0 Å². The van der Waals surface area contributed by atoms with Gasteiger partial charge in [0.15, 0.2) is 0 Å². The lowest BCUT2D eigenvalue weighted by atomic mass is 10.3. The molecule has 0 aliphatic heterocycles. The van der Waals surface area contributed by atoms with Gasteiger partial charge in [0.2, 0.25) is 5.91 Å². The molecular weight excluding hydrogens is 256 g/mol. The van der Waals surface area contributed by atoms with E-state index in [4.69, 9.17) is 11.6 Å². The number of nitrogens with zero attached hydrogens (tertiary/aromatic N) is 1. The highest BCUT2D eigenvalue weighted by Crippen LogP contribution is 2.13. The van der Waals surface area contributed by atoms with Crippen molar-refractivity contribution in [2.45, 2.75) is 12.3 Å². The molecule has 1 aromatic carbocycles. The Hall–Kier alpha value is -1.39. The van der Waals surface area contributed by atoms with Crippen molar-refractivity contribution in [3.05, 3.63) is 46.4 Å². The summed E-state index contributed by atoms with van der Waals surface area (Å²) >= 11 is 7.11. The normalized spacial score (nSPS) is 10.2. The number of carbonyl (C=O) groups excluding carboxylic acids is 1. The van der Waals surface area contributed by atoms with Gasteiger partial charge in [0, 0.05) is 11.1 Å². The molecule has 1 aromatic heterocycles. The van der Waals surface area contributed by atoms with Gasteiger partial charge >= 0.3 is 0 Å². The summed E-state index contributed by atoms with van der Waals surface area (Å²) in [5.74, 6) is 0.322. The van der Waals surface area contributed by atoms with Crippen LogP contribution in [0.5, 0.6) is 0 Å². The van der Waals surface area contributed by atoms with Gasteiger partial charge in [0.05, 0.1) is 18.0 Å². The predicted molar refractivity (Wildman–Crippen MR) is 70.4 cm³/mol. The number of halogens is 1. The Labute approximate surface area is 108 Å². The number of thiazole rings is 1. The van der Waals surface area contributed by atoms with E-state index in [1.54, 1.807) is 0 Å². The van der Waals surface area contributed by atoms with Crippen molar-refractivity contribution in [1.29, 1.82) is 0 Å². The quantitative estimate of drug-likeness (QED) is 0.864. The van der Waals surface area contributed by atoms with Crippen LogP contribution in [0.3, 0.4) is 0 Å². The van der Waals surface area contributed by atoms with Gasteiger partial charge < -0.3 is 5.32 Å². The minimum absolute atomic E-state index is 0.0633. The first-order valence-electron chi connectivity index (χ1n) is 5.12. The molecule has 88 valence electrons. The minimum Gasteiger partial charge on any atom is -0.326 e. The third-order valence-corrected chi connectivity index (χ3v) is 3.28. The van der Waals surface area contributed by atoms with E-state index in [2.05, 4.69) is 10.3 Å². The molecule has 0 unspecified atom stereocenters. The zero-order valence-corrected chi connectivity index (χ0v) is 10.6. The first-order valence-corrected chi connectivity index (χ1v) is 6.53. The SMILES string of the molecule is O=C(Cc1nc(CCl)cs1)Nc1ccccc1. The molecule has 0 bridgehead atoms. The highest BCUT2D eigenvalue weighted by molar-refractivity contribution is 7.09. The Morgan fingerprint density at radius 3 is 2.76 bits per heavy atom. The van der Waals surface area contributed by atoms with Crippen LogP contribution in [-0.4, -0.2) is 10.9 Å². The molecule has 2 aromatic rings. The lowest BCUT2D eigenvalue weighted by Gasteiger charge is -2.02. The van der Waals surface area contributed by atoms with Crippen molar-refractivity contribution < 1.29 is 4.79 Å². The molecule has 0 fully saturated rings. The second kappa shape index (κ2) is 5.80. The standard InChI is InChI=1S/C12H11ClN2OS/c13-7-10-8-17-12(15-10)6-11(16)14-9-4-2-1-3-5-9/h1-5,8H,6-7H2,(H,14,16). The van der Waals surface area contributed by atoms with Gasteiger partial charge in [0.25, 0.3) is 0 Å². The van der Waals surface area contributed by atoms with Crippen LogP contribution in [0.25, 0.3) is 0 Å². The molecule has 1 amide bonds. The third-order valence-electron chi connectivity index (χ3n) is 2.11. The monoisotopic (exact) mass is 266 g/mol. The van der Waals surface area contributed by atoms with Gasteiger partial charge in [-0.2, -0.15) is 0 Å². The molecule has 0 saturated carbocycles. The summed E-state index contributed by atoms with van der Waals surface area (Å²) in [4.78, 5) is 15.9. The Balaban J connectivity index is 1.93. The van der Waals surface area contributed by atoms with Crippen molar-refractivity contribution in [3.8, 4) is 0 Å². The fourth-order valence-corrected chi connectivity index (χ4v) is 2.38. The largest absolute Gasteiger partial charge is 0.326 e. The molecule has 0 aliphatic carbocycles. The summed E-state index contributed by atoms with van der Waals surface area (Å²) in [7, 11) is 0. The van der Waals surface area contributed by atoms with E-state index >= 15 is 0 Å². The number of para-hydroxylation sites is 1. The number of nitrogens with one attached hydrogen (secondary N) is 1. The van der Waals surface area contributed by atoms with Gasteiger partial charge in [-0.15, -0.1) is 22.9 Å². The molecule has 2 rings (SSSR count). The van der Waals surface area contributed by atoms with Gasteiger partial charge in [-0.3, -0.25) is 4.79 Å². The van der Waals surface area contributed by atoms with Crippen LogP contribution >= 0.6 is 22.9 Å². The molecule has 0 radical (unpaired) electrons. The lowest BCUT2D eigenvalue weighted by Crippen LogP contribution is -2.14. The van der Waals surface area contributed by atoms with Crippen molar-refractivity contribution in [2.75, 3.05) is 5.32 Å². The van der Waals surface area contributed by atoms with Crippen LogP contribution in [0.1, 0.15) is 10.7 Å². The number of alkyl halides is 1. The van der Waals surface area contributed by atoms with Crippen molar-refractivity contribution >= 4 is 34.5 Å². The average Bonchev–Trinajstić information content (AvgIpc) is 2.78. The number of benzene rings is 1. The van der Waals surface area contributed by atoms with Crippen LogP contribution in [0.15, 0.2) is 35.7 Å². The maximum Gasteiger partial charge on any atom is 0.231 e. The second-order valence-electron chi connectivity index (χ2n) is 3.46. The van der Waals surface area contributed by atoms with E-state index in [0.29, 0.717) is 5.88 Å². The van der Waals surface area contributed by atoms with Crippen LogP contribution < -0.4 is 5.32 Å². The molecule has 0 spiro atoms. The molecular formula is C12H11ClN2OS. The van der Waals surface area contributed by atoms with E-state index in [0.717, 1.165) is 16.4 Å². The van der Waals surface area contributed by atoms with E-state index in [9.17, 15) is 4.79 Å². The first-order chi connectivity index (χ1) is 8.28. The number of hydrogen-bond donors (Lipinski definition) is 1. The van der Waals surface area contributed by atoms with Gasteiger partial charge in [-0.1, -0.05) is 18.2 Å². The summed E-state index contributed by atoms with van der Waals surface area (Å²) in [6.07, 6.45) is 0.288. The fourth-order valence-electron chi connectivity index (χ4n) is 1.36. The number of carbonyl (C=O) groups is 1. The molecule has 0 aliphatic rings. The van der Waals surface area contributed by atoms with Crippen LogP contribution in [0, 0.1) is 0 Å². The molecule has 0 saturated heterocycles. The molecule has 3 nitrogen and oxygen atoms in total. The molecule has 1 N–H and O–H groups in total. The number of anilines is 1. The number of amides is 1. The van der Waals surface area contributed by atoms with E-state index < -0.39 is 0 Å². The van der Waals surface area contributed by atoms with E-state index in [-0.39, 0.29) is 12.3 Å². The van der Waals surface area contributed by atoms with Gasteiger partial charge in [-0.05, 0) is 12.1 Å². The average molecular weight is 267 g/mol. The number of hydrogen-bond acceptors (Lipinski definition) is 3. The summed E-state index contributed by atoms with van der Waals surface area (Å²) in [5.41, 5.74) is 1.62. The van der Waals surface area contributed by atoms with Crippen LogP contribution in [0.2, 0.25) is 0 Å². The molecule has 0 atom stereocenters. The summed E-state index contributed by atoms with van der Waals surface area (Å²) in [5, 5.41) is 5.47. The Morgan fingerprint density at radius 2 is 2.12 bits per heavy atom. The number of aromatic nitrogens is 1. The maximum absolute atomic E-state index is 11.7. The highest BCUT2D eigenvalue weighted by atomic mass is 35.5. The maximum atomic E-state index is 11.7.